The SMILES string of the molecule is CCC(CC(O)C(C)O)c1cc(OC)c(OC)cc1Cl. The third kappa shape index (κ3) is 4.01. The Balaban J connectivity index is 3.08. The summed E-state index contributed by atoms with van der Waals surface area (Å²) in [6, 6.07) is 3.55. The predicted molar refractivity (Wildman–Crippen MR) is 79.9 cm³/mol. The standard InChI is InChI=1S/C15H23ClO4/c1-5-10(6-13(18)9(2)17)11-7-14(19-3)15(20-4)8-12(11)16/h7-10,13,17-18H,5-6H2,1-4H3. The Morgan fingerprint density at radius 1 is 1.15 bits per heavy atom. The van der Waals surface area contributed by atoms with Gasteiger partial charge in [-0.15, -0.1) is 0 Å². The molecule has 1 aromatic carbocycles. The molecule has 0 aromatic heterocycles. The lowest BCUT2D eigenvalue weighted by atomic mass is 9.89. The molecule has 0 aliphatic heterocycles. The van der Waals surface area contributed by atoms with E-state index in [4.69, 9.17) is 21.1 Å². The molecule has 0 heterocycles. The summed E-state index contributed by atoms with van der Waals surface area (Å²) in [6.45, 7) is 3.60. The molecule has 3 unspecified atom stereocenters. The van der Waals surface area contributed by atoms with Gasteiger partial charge in [0.2, 0.25) is 0 Å². The van der Waals surface area contributed by atoms with Crippen molar-refractivity contribution in [1.29, 1.82) is 0 Å². The number of methoxy groups -OCH3 is 2. The molecule has 0 saturated carbocycles. The molecule has 1 rings (SSSR count). The molecule has 114 valence electrons. The fourth-order valence-electron chi connectivity index (χ4n) is 2.18. The molecule has 0 spiro atoms. The minimum atomic E-state index is -0.774. The van der Waals surface area contributed by atoms with Crippen LogP contribution in [0.4, 0.5) is 0 Å². The Morgan fingerprint density at radius 2 is 1.70 bits per heavy atom. The number of halogens is 1. The van der Waals surface area contributed by atoms with E-state index < -0.39 is 12.2 Å². The van der Waals surface area contributed by atoms with E-state index in [9.17, 15) is 10.2 Å². The van der Waals surface area contributed by atoms with Gasteiger partial charge >= 0.3 is 0 Å². The van der Waals surface area contributed by atoms with Crippen molar-refractivity contribution >= 4 is 11.6 Å². The zero-order chi connectivity index (χ0) is 15.3. The zero-order valence-corrected chi connectivity index (χ0v) is 13.1. The van der Waals surface area contributed by atoms with Crippen molar-refractivity contribution in [2.24, 2.45) is 0 Å². The van der Waals surface area contributed by atoms with Gasteiger partial charge in [0.25, 0.3) is 0 Å². The Morgan fingerprint density at radius 3 is 2.15 bits per heavy atom. The first-order chi connectivity index (χ1) is 9.44. The van der Waals surface area contributed by atoms with E-state index in [1.807, 2.05) is 13.0 Å². The monoisotopic (exact) mass is 302 g/mol. The van der Waals surface area contributed by atoms with Crippen LogP contribution in [0, 0.1) is 0 Å². The molecule has 0 fully saturated rings. The van der Waals surface area contributed by atoms with Crippen LogP contribution in [0.15, 0.2) is 12.1 Å². The summed E-state index contributed by atoms with van der Waals surface area (Å²) in [5, 5.41) is 19.9. The maximum Gasteiger partial charge on any atom is 0.162 e. The zero-order valence-electron chi connectivity index (χ0n) is 12.4. The quantitative estimate of drug-likeness (QED) is 0.813. The van der Waals surface area contributed by atoms with Crippen molar-refractivity contribution in [1.82, 2.24) is 0 Å². The molecular formula is C15H23ClO4. The van der Waals surface area contributed by atoms with Crippen LogP contribution >= 0.6 is 11.6 Å². The highest BCUT2D eigenvalue weighted by Gasteiger charge is 2.22. The third-order valence-electron chi connectivity index (χ3n) is 3.52. The summed E-state index contributed by atoms with van der Waals surface area (Å²) in [5.41, 5.74) is 0.895. The van der Waals surface area contributed by atoms with Gasteiger partial charge < -0.3 is 19.7 Å². The lowest BCUT2D eigenvalue weighted by Gasteiger charge is -2.23. The molecule has 3 atom stereocenters. The van der Waals surface area contributed by atoms with E-state index in [-0.39, 0.29) is 5.92 Å². The third-order valence-corrected chi connectivity index (χ3v) is 3.85. The first kappa shape index (κ1) is 17.1. The van der Waals surface area contributed by atoms with E-state index in [0.717, 1.165) is 12.0 Å². The molecule has 1 aromatic rings. The molecule has 0 radical (unpaired) electrons. The Labute approximate surface area is 125 Å². The molecule has 5 heteroatoms. The van der Waals surface area contributed by atoms with Crippen LogP contribution in [-0.2, 0) is 0 Å². The highest BCUT2D eigenvalue weighted by molar-refractivity contribution is 6.31. The number of hydrogen-bond donors (Lipinski definition) is 2. The van der Waals surface area contributed by atoms with Crippen molar-refractivity contribution in [3.05, 3.63) is 22.7 Å². The average molecular weight is 303 g/mol. The summed E-state index contributed by atoms with van der Waals surface area (Å²) in [7, 11) is 3.13. The van der Waals surface area contributed by atoms with Crippen molar-refractivity contribution in [3.8, 4) is 11.5 Å². The van der Waals surface area contributed by atoms with Crippen LogP contribution in [-0.4, -0.2) is 36.6 Å². The summed E-state index contributed by atoms with van der Waals surface area (Å²) < 4.78 is 10.5. The van der Waals surface area contributed by atoms with Gasteiger partial charge in [-0.1, -0.05) is 18.5 Å². The summed E-state index contributed by atoms with van der Waals surface area (Å²) in [6.07, 6.45) is -0.283. The lowest BCUT2D eigenvalue weighted by molar-refractivity contribution is 0.0215. The molecule has 2 N–H and O–H groups in total. The Bertz CT molecular complexity index is 434. The topological polar surface area (TPSA) is 58.9 Å². The van der Waals surface area contributed by atoms with Crippen molar-refractivity contribution < 1.29 is 19.7 Å². The van der Waals surface area contributed by atoms with Gasteiger partial charge in [0.15, 0.2) is 11.5 Å². The van der Waals surface area contributed by atoms with Gasteiger partial charge in [0.1, 0.15) is 0 Å². The van der Waals surface area contributed by atoms with Crippen LogP contribution in [0.5, 0.6) is 11.5 Å². The molecule has 4 nitrogen and oxygen atoms in total. The smallest absolute Gasteiger partial charge is 0.162 e. The molecular weight excluding hydrogens is 280 g/mol. The van der Waals surface area contributed by atoms with E-state index in [2.05, 4.69) is 0 Å². The number of hydrogen-bond acceptors (Lipinski definition) is 4. The van der Waals surface area contributed by atoms with Gasteiger partial charge in [-0.3, -0.25) is 0 Å². The van der Waals surface area contributed by atoms with E-state index in [1.165, 1.54) is 0 Å². The van der Waals surface area contributed by atoms with E-state index in [0.29, 0.717) is 22.9 Å². The molecule has 0 aliphatic rings. The molecule has 0 bridgehead atoms. The summed E-state index contributed by atoms with van der Waals surface area (Å²) in [4.78, 5) is 0. The largest absolute Gasteiger partial charge is 0.493 e. The molecule has 20 heavy (non-hydrogen) atoms. The number of benzene rings is 1. The first-order valence-electron chi connectivity index (χ1n) is 6.72. The summed E-state index contributed by atoms with van der Waals surface area (Å²) in [5.74, 6) is 1.23. The van der Waals surface area contributed by atoms with Crippen LogP contribution in [0.1, 0.15) is 38.2 Å². The van der Waals surface area contributed by atoms with Crippen molar-refractivity contribution in [2.75, 3.05) is 14.2 Å². The van der Waals surface area contributed by atoms with Gasteiger partial charge in [-0.25, -0.2) is 0 Å². The fraction of sp³-hybridized carbons (Fsp3) is 0.600. The number of aliphatic hydroxyl groups is 2. The normalized spacial score (nSPS) is 15.6. The number of rotatable bonds is 7. The summed E-state index contributed by atoms with van der Waals surface area (Å²) >= 11 is 6.29. The second kappa shape index (κ2) is 7.72. The maximum absolute atomic E-state index is 9.86. The Hall–Kier alpha value is -0.970. The Kier molecular flexibility index (Phi) is 6.59. The van der Waals surface area contributed by atoms with Gasteiger partial charge in [-0.05, 0) is 37.3 Å². The lowest BCUT2D eigenvalue weighted by Crippen LogP contribution is -2.24. The molecule has 0 amide bonds. The fourth-order valence-corrected chi connectivity index (χ4v) is 2.49. The van der Waals surface area contributed by atoms with Crippen LogP contribution < -0.4 is 9.47 Å². The van der Waals surface area contributed by atoms with Gasteiger partial charge in [0, 0.05) is 11.1 Å². The second-order valence-corrected chi connectivity index (χ2v) is 5.28. The maximum atomic E-state index is 9.86. The first-order valence-corrected chi connectivity index (χ1v) is 7.09. The number of aliphatic hydroxyl groups excluding tert-OH is 2. The molecule has 0 aliphatic carbocycles. The van der Waals surface area contributed by atoms with Crippen LogP contribution in [0.25, 0.3) is 0 Å². The molecule has 0 saturated heterocycles. The predicted octanol–water partition coefficient (Wildman–Crippen LogP) is 2.98. The van der Waals surface area contributed by atoms with Gasteiger partial charge in [0.05, 0.1) is 26.4 Å². The minimum absolute atomic E-state index is 0.0481. The highest BCUT2D eigenvalue weighted by atomic mass is 35.5. The van der Waals surface area contributed by atoms with Gasteiger partial charge in [-0.2, -0.15) is 0 Å². The average Bonchev–Trinajstić information content (AvgIpc) is 2.44. The van der Waals surface area contributed by atoms with Crippen molar-refractivity contribution in [2.45, 2.75) is 44.8 Å². The minimum Gasteiger partial charge on any atom is -0.493 e. The van der Waals surface area contributed by atoms with Crippen molar-refractivity contribution in [3.63, 3.8) is 0 Å². The number of ether oxygens (including phenoxy) is 2. The second-order valence-electron chi connectivity index (χ2n) is 4.88. The van der Waals surface area contributed by atoms with E-state index in [1.54, 1.807) is 27.2 Å². The van der Waals surface area contributed by atoms with Crippen LogP contribution in [0.3, 0.4) is 0 Å². The highest BCUT2D eigenvalue weighted by Crippen LogP contribution is 2.39. The van der Waals surface area contributed by atoms with Crippen LogP contribution in [0.2, 0.25) is 5.02 Å². The van der Waals surface area contributed by atoms with E-state index >= 15 is 0 Å².